The number of amides is 1. The van der Waals surface area contributed by atoms with Gasteiger partial charge in [0.15, 0.2) is 5.79 Å². The van der Waals surface area contributed by atoms with Crippen LogP contribution in [0.1, 0.15) is 41.0 Å². The van der Waals surface area contributed by atoms with Gasteiger partial charge in [0.05, 0.1) is 24.6 Å². The lowest BCUT2D eigenvalue weighted by Gasteiger charge is -2.34. The van der Waals surface area contributed by atoms with Crippen LogP contribution in [0, 0.1) is 11.3 Å². The number of rotatable bonds is 3. The van der Waals surface area contributed by atoms with Crippen molar-refractivity contribution in [3.8, 4) is 6.07 Å². The summed E-state index contributed by atoms with van der Waals surface area (Å²) in [5.41, 5.74) is -0.586. The summed E-state index contributed by atoms with van der Waals surface area (Å²) in [5, 5.41) is 9.19. The second-order valence-corrected chi connectivity index (χ2v) is 8.32. The highest BCUT2D eigenvalue weighted by molar-refractivity contribution is 7.98. The Labute approximate surface area is 142 Å². The Morgan fingerprint density at radius 1 is 1.30 bits per heavy atom. The van der Waals surface area contributed by atoms with Gasteiger partial charge in [0.25, 0.3) is 0 Å². The van der Waals surface area contributed by atoms with Crippen molar-refractivity contribution >= 4 is 17.9 Å². The number of hydrogen-bond acceptors (Lipinski definition) is 6. The summed E-state index contributed by atoms with van der Waals surface area (Å²) in [5.74, 6) is 0.0154. The molecule has 1 amide bonds. The number of carbonyl (C=O) groups is 1. The van der Waals surface area contributed by atoms with Crippen LogP contribution >= 0.6 is 11.8 Å². The Bertz CT molecular complexity index is 497. The fourth-order valence-electron chi connectivity index (χ4n) is 3.21. The minimum absolute atomic E-state index is 0.162. The number of likely N-dealkylation sites (tertiary alicyclic amines) is 1. The van der Waals surface area contributed by atoms with E-state index >= 15 is 0 Å². The van der Waals surface area contributed by atoms with Gasteiger partial charge in [-0.2, -0.15) is 17.0 Å². The van der Waals surface area contributed by atoms with Crippen molar-refractivity contribution in [3.05, 3.63) is 0 Å². The molecule has 0 aromatic rings. The van der Waals surface area contributed by atoms with Gasteiger partial charge < -0.3 is 14.2 Å². The van der Waals surface area contributed by atoms with E-state index < -0.39 is 17.5 Å². The van der Waals surface area contributed by atoms with Crippen molar-refractivity contribution in [2.24, 2.45) is 0 Å². The molecule has 2 aliphatic heterocycles. The van der Waals surface area contributed by atoms with E-state index in [0.717, 1.165) is 0 Å². The molecule has 6 nitrogen and oxygen atoms in total. The molecule has 2 aliphatic rings. The van der Waals surface area contributed by atoms with E-state index in [9.17, 15) is 10.1 Å². The number of ether oxygens (including phenoxy) is 3. The molecule has 0 saturated carbocycles. The van der Waals surface area contributed by atoms with E-state index in [2.05, 4.69) is 6.07 Å². The lowest BCUT2D eigenvalue weighted by Crippen LogP contribution is -2.49. The Balaban J connectivity index is 2.30. The van der Waals surface area contributed by atoms with Gasteiger partial charge in [-0.1, -0.05) is 0 Å². The number of thioether (sulfide) groups is 1. The maximum Gasteiger partial charge on any atom is 0.411 e. The molecule has 2 heterocycles. The first-order chi connectivity index (χ1) is 10.6. The molecule has 2 rings (SSSR count). The largest absolute Gasteiger partial charge is 0.444 e. The van der Waals surface area contributed by atoms with Gasteiger partial charge in [0.1, 0.15) is 17.8 Å². The summed E-state index contributed by atoms with van der Waals surface area (Å²) < 4.78 is 17.6. The van der Waals surface area contributed by atoms with Gasteiger partial charge in [-0.15, -0.1) is 0 Å². The summed E-state index contributed by atoms with van der Waals surface area (Å²) in [6, 6.07) is 1.66. The molecule has 0 radical (unpaired) electrons. The third-order valence-corrected chi connectivity index (χ3v) is 4.55. The van der Waals surface area contributed by atoms with Gasteiger partial charge in [-0.25, -0.2) is 4.79 Å². The maximum atomic E-state index is 12.7. The smallest absolute Gasteiger partial charge is 0.411 e. The van der Waals surface area contributed by atoms with Crippen LogP contribution in [0.25, 0.3) is 0 Å². The van der Waals surface area contributed by atoms with E-state index in [1.54, 1.807) is 16.7 Å². The molecule has 4 atom stereocenters. The average molecular weight is 342 g/mol. The first-order valence-electron chi connectivity index (χ1n) is 7.82. The van der Waals surface area contributed by atoms with Crippen molar-refractivity contribution < 1.29 is 19.0 Å². The molecule has 0 bridgehead atoms. The lowest BCUT2D eigenvalue weighted by molar-refractivity contribution is -0.165. The lowest BCUT2D eigenvalue weighted by atomic mass is 10.1. The fourth-order valence-corrected chi connectivity index (χ4v) is 3.91. The van der Waals surface area contributed by atoms with Crippen LogP contribution in [0.5, 0.6) is 0 Å². The molecule has 7 heteroatoms. The predicted molar refractivity (Wildman–Crippen MR) is 88.1 cm³/mol. The first-order valence-corrected chi connectivity index (χ1v) is 9.22. The van der Waals surface area contributed by atoms with Gasteiger partial charge in [-0.05, 0) is 40.9 Å². The molecule has 4 unspecified atom stereocenters. The zero-order valence-corrected chi connectivity index (χ0v) is 15.5. The monoisotopic (exact) mass is 342 g/mol. The number of hydrogen-bond donors (Lipinski definition) is 0. The molecule has 0 spiro atoms. The van der Waals surface area contributed by atoms with Crippen LogP contribution in [0.4, 0.5) is 4.79 Å². The summed E-state index contributed by atoms with van der Waals surface area (Å²) in [6.45, 7) is 9.23. The fraction of sp³-hybridized carbons (Fsp3) is 0.875. The number of fused-ring (bicyclic) bond motifs is 1. The van der Waals surface area contributed by atoms with Crippen LogP contribution in [0.15, 0.2) is 0 Å². The SMILES string of the molecule is CSCC1C2OC(C)(C)OC2C(CC#N)N1C(=O)OC(C)(C)C. The van der Waals surface area contributed by atoms with Crippen molar-refractivity contribution in [1.29, 1.82) is 5.26 Å². The van der Waals surface area contributed by atoms with Crippen LogP contribution < -0.4 is 0 Å². The number of nitrogens with zero attached hydrogens (tertiary/aromatic N) is 2. The zero-order valence-electron chi connectivity index (χ0n) is 14.7. The minimum Gasteiger partial charge on any atom is -0.444 e. The third-order valence-electron chi connectivity index (χ3n) is 3.88. The van der Waals surface area contributed by atoms with E-state index in [1.807, 2.05) is 40.9 Å². The number of carbonyl (C=O) groups excluding carboxylic acids is 1. The first kappa shape index (κ1) is 18.4. The van der Waals surface area contributed by atoms with Gasteiger partial charge >= 0.3 is 6.09 Å². The quantitative estimate of drug-likeness (QED) is 0.785. The van der Waals surface area contributed by atoms with Crippen LogP contribution in [0.2, 0.25) is 0 Å². The van der Waals surface area contributed by atoms with E-state index in [1.165, 1.54) is 0 Å². The van der Waals surface area contributed by atoms with E-state index in [0.29, 0.717) is 5.75 Å². The second-order valence-electron chi connectivity index (χ2n) is 7.40. The van der Waals surface area contributed by atoms with Crippen LogP contribution in [-0.4, -0.2) is 58.7 Å². The van der Waals surface area contributed by atoms with Gasteiger partial charge in [0.2, 0.25) is 0 Å². The molecular formula is C16H26N2O4S. The topological polar surface area (TPSA) is 71.8 Å². The van der Waals surface area contributed by atoms with Gasteiger partial charge in [0, 0.05) is 5.75 Å². The summed E-state index contributed by atoms with van der Waals surface area (Å²) in [4.78, 5) is 14.4. The normalized spacial score (nSPS) is 32.5. The minimum atomic E-state index is -0.695. The van der Waals surface area contributed by atoms with Crippen LogP contribution in [0.3, 0.4) is 0 Å². The van der Waals surface area contributed by atoms with Crippen molar-refractivity contribution in [2.45, 2.75) is 76.7 Å². The maximum absolute atomic E-state index is 12.7. The highest BCUT2D eigenvalue weighted by Crippen LogP contribution is 2.42. The Morgan fingerprint density at radius 3 is 2.35 bits per heavy atom. The van der Waals surface area contributed by atoms with Crippen molar-refractivity contribution in [1.82, 2.24) is 4.90 Å². The highest BCUT2D eigenvalue weighted by atomic mass is 32.2. The molecule has 0 aromatic heterocycles. The van der Waals surface area contributed by atoms with E-state index in [-0.39, 0.29) is 30.7 Å². The predicted octanol–water partition coefficient (Wildman–Crippen LogP) is 2.77. The van der Waals surface area contributed by atoms with Crippen molar-refractivity contribution in [3.63, 3.8) is 0 Å². The Kier molecular flexibility index (Phi) is 5.19. The number of nitriles is 1. The second kappa shape index (κ2) is 6.50. The van der Waals surface area contributed by atoms with Crippen molar-refractivity contribution in [2.75, 3.05) is 12.0 Å². The Morgan fingerprint density at radius 2 is 1.87 bits per heavy atom. The molecule has 2 fully saturated rings. The molecule has 130 valence electrons. The summed E-state index contributed by atoms with van der Waals surface area (Å²) >= 11 is 1.64. The van der Waals surface area contributed by atoms with E-state index in [4.69, 9.17) is 14.2 Å². The molecular weight excluding hydrogens is 316 g/mol. The zero-order chi connectivity index (χ0) is 17.4. The molecule has 0 aliphatic carbocycles. The molecule has 0 aromatic carbocycles. The average Bonchev–Trinajstić information content (AvgIpc) is 2.82. The summed E-state index contributed by atoms with van der Waals surface area (Å²) in [7, 11) is 0. The standard InChI is InChI=1S/C16H26N2O4S/c1-15(2,3)22-14(19)18-10(7-8-17)12-13(11(18)9-23-6)21-16(4,5)20-12/h10-13H,7,9H2,1-6H3. The summed E-state index contributed by atoms with van der Waals surface area (Å²) in [6.07, 6.45) is 1.25. The third kappa shape index (κ3) is 3.93. The Hall–Kier alpha value is -0.970. The highest BCUT2D eigenvalue weighted by Gasteiger charge is 2.59. The van der Waals surface area contributed by atoms with Crippen LogP contribution in [-0.2, 0) is 14.2 Å². The molecule has 0 N–H and O–H groups in total. The van der Waals surface area contributed by atoms with Gasteiger partial charge in [-0.3, -0.25) is 4.90 Å². The molecule has 23 heavy (non-hydrogen) atoms. The molecule has 2 saturated heterocycles.